The van der Waals surface area contributed by atoms with Crippen LogP contribution < -0.4 is 5.32 Å². The van der Waals surface area contributed by atoms with Crippen LogP contribution in [0.3, 0.4) is 0 Å². The van der Waals surface area contributed by atoms with Gasteiger partial charge in [0.15, 0.2) is 0 Å². The Kier molecular flexibility index (Phi) is 5.80. The molecule has 1 fully saturated rings. The monoisotopic (exact) mass is 289 g/mol. The summed E-state index contributed by atoms with van der Waals surface area (Å²) < 4.78 is 0. The van der Waals surface area contributed by atoms with Crippen LogP contribution in [0.15, 0.2) is 30.3 Å². The van der Waals surface area contributed by atoms with Crippen molar-refractivity contribution in [1.82, 2.24) is 5.32 Å². The zero-order chi connectivity index (χ0) is 15.2. The van der Waals surface area contributed by atoms with Gasteiger partial charge in [-0.1, -0.05) is 44.2 Å². The van der Waals surface area contributed by atoms with Crippen molar-refractivity contribution in [3.8, 4) is 0 Å². The van der Waals surface area contributed by atoms with Crippen LogP contribution in [-0.2, 0) is 4.79 Å². The standard InChI is InChI=1S/C18H27NO2/c1-13(2)12-17(14-6-4-3-5-7-14)19-16-10-8-15(9-11-16)18(20)21/h3-7,13,15-17,19H,8-12H2,1-2H3,(H,20,21). The number of aliphatic carboxylic acids is 1. The van der Waals surface area contributed by atoms with Gasteiger partial charge in [0.25, 0.3) is 0 Å². The molecule has 0 amide bonds. The average Bonchev–Trinajstić information content (AvgIpc) is 2.47. The minimum Gasteiger partial charge on any atom is -0.481 e. The molecule has 1 saturated carbocycles. The normalized spacial score (nSPS) is 24.0. The second-order valence-corrected chi connectivity index (χ2v) is 6.65. The van der Waals surface area contributed by atoms with Gasteiger partial charge in [-0.25, -0.2) is 0 Å². The molecule has 1 aromatic rings. The first-order valence-electron chi connectivity index (χ1n) is 8.10. The number of carboxylic acids is 1. The van der Waals surface area contributed by atoms with E-state index in [4.69, 9.17) is 5.11 Å². The molecule has 3 heteroatoms. The van der Waals surface area contributed by atoms with Crippen LogP contribution in [0.1, 0.15) is 57.6 Å². The molecule has 0 bridgehead atoms. The van der Waals surface area contributed by atoms with Gasteiger partial charge in [-0.2, -0.15) is 0 Å². The lowest BCUT2D eigenvalue weighted by Crippen LogP contribution is -2.37. The van der Waals surface area contributed by atoms with Gasteiger partial charge in [0.05, 0.1) is 5.92 Å². The van der Waals surface area contributed by atoms with Crippen molar-refractivity contribution in [1.29, 1.82) is 0 Å². The Morgan fingerprint density at radius 1 is 1.19 bits per heavy atom. The van der Waals surface area contributed by atoms with E-state index < -0.39 is 5.97 Å². The fraction of sp³-hybridized carbons (Fsp3) is 0.611. The smallest absolute Gasteiger partial charge is 0.306 e. The first kappa shape index (κ1) is 16.0. The van der Waals surface area contributed by atoms with Crippen LogP contribution in [0.25, 0.3) is 0 Å². The number of rotatable bonds is 6. The van der Waals surface area contributed by atoms with Crippen LogP contribution in [0.2, 0.25) is 0 Å². The lowest BCUT2D eigenvalue weighted by atomic mass is 9.85. The van der Waals surface area contributed by atoms with Gasteiger partial charge in [-0.3, -0.25) is 4.79 Å². The van der Waals surface area contributed by atoms with E-state index in [0.29, 0.717) is 18.0 Å². The Morgan fingerprint density at radius 2 is 1.81 bits per heavy atom. The predicted octanol–water partition coefficient (Wildman–Crippen LogP) is 4.01. The van der Waals surface area contributed by atoms with Crippen molar-refractivity contribution in [2.24, 2.45) is 11.8 Å². The summed E-state index contributed by atoms with van der Waals surface area (Å²) in [5, 5.41) is 12.9. The van der Waals surface area contributed by atoms with Crippen molar-refractivity contribution < 1.29 is 9.90 Å². The second kappa shape index (κ2) is 7.60. The van der Waals surface area contributed by atoms with Crippen LogP contribution in [0.4, 0.5) is 0 Å². The maximum Gasteiger partial charge on any atom is 0.306 e. The third-order valence-corrected chi connectivity index (χ3v) is 4.42. The molecule has 0 heterocycles. The molecule has 0 aromatic heterocycles. The SMILES string of the molecule is CC(C)CC(NC1CCC(C(=O)O)CC1)c1ccccc1. The van der Waals surface area contributed by atoms with E-state index >= 15 is 0 Å². The lowest BCUT2D eigenvalue weighted by Gasteiger charge is -2.32. The molecule has 0 aliphatic heterocycles. The molecular weight excluding hydrogens is 262 g/mol. The van der Waals surface area contributed by atoms with Gasteiger partial charge >= 0.3 is 5.97 Å². The van der Waals surface area contributed by atoms with Crippen molar-refractivity contribution in [3.05, 3.63) is 35.9 Å². The van der Waals surface area contributed by atoms with E-state index in [0.717, 1.165) is 32.1 Å². The molecule has 1 aliphatic rings. The Bertz CT molecular complexity index is 436. The molecule has 2 rings (SSSR count). The van der Waals surface area contributed by atoms with E-state index in [2.05, 4.69) is 43.4 Å². The molecule has 0 radical (unpaired) electrons. The molecule has 0 saturated heterocycles. The van der Waals surface area contributed by atoms with Gasteiger partial charge in [-0.05, 0) is 43.6 Å². The van der Waals surface area contributed by atoms with Crippen molar-refractivity contribution in [2.75, 3.05) is 0 Å². The molecule has 1 aromatic carbocycles. The highest BCUT2D eigenvalue weighted by atomic mass is 16.4. The summed E-state index contributed by atoms with van der Waals surface area (Å²) in [6, 6.07) is 11.4. The van der Waals surface area contributed by atoms with Crippen LogP contribution in [0, 0.1) is 11.8 Å². The number of carboxylic acid groups (broad SMARTS) is 1. The van der Waals surface area contributed by atoms with Crippen LogP contribution in [0.5, 0.6) is 0 Å². The summed E-state index contributed by atoms with van der Waals surface area (Å²) in [5.41, 5.74) is 1.34. The topological polar surface area (TPSA) is 49.3 Å². The molecule has 0 spiro atoms. The maximum absolute atomic E-state index is 11.0. The molecule has 1 atom stereocenters. The molecule has 21 heavy (non-hydrogen) atoms. The third kappa shape index (κ3) is 4.85. The number of nitrogens with one attached hydrogen (secondary N) is 1. The number of hydrogen-bond donors (Lipinski definition) is 2. The fourth-order valence-electron chi connectivity index (χ4n) is 3.25. The highest BCUT2D eigenvalue weighted by Crippen LogP contribution is 2.28. The largest absolute Gasteiger partial charge is 0.481 e. The summed E-state index contributed by atoms with van der Waals surface area (Å²) >= 11 is 0. The highest BCUT2D eigenvalue weighted by molar-refractivity contribution is 5.70. The molecule has 3 nitrogen and oxygen atoms in total. The Hall–Kier alpha value is -1.35. The molecular formula is C18H27NO2. The van der Waals surface area contributed by atoms with E-state index in [-0.39, 0.29) is 5.92 Å². The van der Waals surface area contributed by atoms with Gasteiger partial charge in [0.1, 0.15) is 0 Å². The minimum absolute atomic E-state index is 0.136. The van der Waals surface area contributed by atoms with E-state index in [1.54, 1.807) is 0 Å². The summed E-state index contributed by atoms with van der Waals surface area (Å²) in [4.78, 5) is 11.0. The van der Waals surface area contributed by atoms with Crippen molar-refractivity contribution in [3.63, 3.8) is 0 Å². The number of benzene rings is 1. The first-order valence-corrected chi connectivity index (χ1v) is 8.10. The summed E-state index contributed by atoms with van der Waals surface area (Å²) in [6.07, 6.45) is 4.66. The Balaban J connectivity index is 1.95. The molecule has 2 N–H and O–H groups in total. The fourth-order valence-corrected chi connectivity index (χ4v) is 3.25. The van der Waals surface area contributed by atoms with Gasteiger partial charge in [0, 0.05) is 12.1 Å². The van der Waals surface area contributed by atoms with Crippen LogP contribution in [-0.4, -0.2) is 17.1 Å². The average molecular weight is 289 g/mol. The molecule has 116 valence electrons. The van der Waals surface area contributed by atoms with E-state index in [9.17, 15) is 4.79 Å². The zero-order valence-corrected chi connectivity index (χ0v) is 13.1. The highest BCUT2D eigenvalue weighted by Gasteiger charge is 2.27. The maximum atomic E-state index is 11.0. The van der Waals surface area contributed by atoms with Crippen molar-refractivity contribution in [2.45, 2.75) is 58.0 Å². The lowest BCUT2D eigenvalue weighted by molar-refractivity contribution is -0.142. The van der Waals surface area contributed by atoms with Gasteiger partial charge < -0.3 is 10.4 Å². The summed E-state index contributed by atoms with van der Waals surface area (Å²) in [5.74, 6) is -0.128. The zero-order valence-electron chi connectivity index (χ0n) is 13.1. The Morgan fingerprint density at radius 3 is 2.33 bits per heavy atom. The number of hydrogen-bond acceptors (Lipinski definition) is 2. The summed E-state index contributed by atoms with van der Waals surface area (Å²) in [7, 11) is 0. The Labute approximate surface area is 127 Å². The first-order chi connectivity index (χ1) is 10.1. The molecule has 1 aliphatic carbocycles. The second-order valence-electron chi connectivity index (χ2n) is 6.65. The number of carbonyl (C=O) groups is 1. The quantitative estimate of drug-likeness (QED) is 0.832. The van der Waals surface area contributed by atoms with E-state index in [1.165, 1.54) is 5.56 Å². The predicted molar refractivity (Wildman–Crippen MR) is 85.2 cm³/mol. The third-order valence-electron chi connectivity index (χ3n) is 4.42. The summed E-state index contributed by atoms with van der Waals surface area (Å²) in [6.45, 7) is 4.50. The van der Waals surface area contributed by atoms with Crippen LogP contribution >= 0.6 is 0 Å². The van der Waals surface area contributed by atoms with Gasteiger partial charge in [-0.15, -0.1) is 0 Å². The van der Waals surface area contributed by atoms with Crippen molar-refractivity contribution >= 4 is 5.97 Å². The molecule has 1 unspecified atom stereocenters. The minimum atomic E-state index is -0.629. The van der Waals surface area contributed by atoms with E-state index in [1.807, 2.05) is 6.07 Å². The van der Waals surface area contributed by atoms with Gasteiger partial charge in [0.2, 0.25) is 0 Å².